The van der Waals surface area contributed by atoms with Crippen molar-refractivity contribution in [3.05, 3.63) is 0 Å². The molecule has 1 heterocycles. The van der Waals surface area contributed by atoms with Gasteiger partial charge in [-0.05, 0) is 12.2 Å². The van der Waals surface area contributed by atoms with Crippen LogP contribution in [0, 0.1) is 0 Å². The quantitative estimate of drug-likeness (QED) is 0.620. The molecule has 1 amide bonds. The monoisotopic (exact) mass is 188 g/mol. The van der Waals surface area contributed by atoms with Crippen molar-refractivity contribution in [1.82, 2.24) is 10.2 Å². The number of carbonyl (C=O) groups excluding carboxylic acids is 1. The number of carbonyl (C=O) groups is 1. The number of amides is 1. The first-order chi connectivity index (χ1) is 5.74. The van der Waals surface area contributed by atoms with E-state index in [1.807, 2.05) is 4.90 Å². The highest BCUT2D eigenvalue weighted by atomic mass is 32.1. The lowest BCUT2D eigenvalue weighted by Gasteiger charge is -2.28. The van der Waals surface area contributed by atoms with Crippen LogP contribution in [0.3, 0.4) is 0 Å². The number of methoxy groups -OCH3 is 1. The van der Waals surface area contributed by atoms with Crippen molar-refractivity contribution in [2.75, 3.05) is 26.8 Å². The zero-order chi connectivity index (χ0) is 8.97. The van der Waals surface area contributed by atoms with Gasteiger partial charge in [0.05, 0.1) is 6.61 Å². The average Bonchev–Trinajstić information content (AvgIpc) is 2.03. The van der Waals surface area contributed by atoms with E-state index in [2.05, 4.69) is 5.32 Å². The smallest absolute Gasteiger partial charge is 0.227 e. The molecule has 1 rings (SSSR count). The van der Waals surface area contributed by atoms with E-state index >= 15 is 0 Å². The van der Waals surface area contributed by atoms with E-state index in [4.69, 9.17) is 17.0 Å². The predicted molar refractivity (Wildman–Crippen MR) is 48.8 cm³/mol. The Morgan fingerprint density at radius 2 is 2.50 bits per heavy atom. The summed E-state index contributed by atoms with van der Waals surface area (Å²) in [5.74, 6) is 0.00802. The summed E-state index contributed by atoms with van der Waals surface area (Å²) in [7, 11) is 1.64. The van der Waals surface area contributed by atoms with Gasteiger partial charge in [-0.25, -0.2) is 0 Å². The van der Waals surface area contributed by atoms with Crippen LogP contribution in [0.4, 0.5) is 0 Å². The minimum Gasteiger partial charge on any atom is -0.383 e. The molecule has 12 heavy (non-hydrogen) atoms. The fraction of sp³-hybridized carbons (Fsp3) is 0.714. The average molecular weight is 188 g/mol. The SMILES string of the molecule is COCCN1CCC(=O)NC1=S. The van der Waals surface area contributed by atoms with Crippen molar-refractivity contribution >= 4 is 23.2 Å². The molecule has 1 saturated heterocycles. The van der Waals surface area contributed by atoms with Crippen LogP contribution < -0.4 is 5.32 Å². The third kappa shape index (κ3) is 2.42. The maximum absolute atomic E-state index is 10.8. The van der Waals surface area contributed by atoms with Gasteiger partial charge < -0.3 is 15.0 Å². The molecular weight excluding hydrogens is 176 g/mol. The lowest BCUT2D eigenvalue weighted by Crippen LogP contribution is -2.50. The molecule has 0 aliphatic carbocycles. The van der Waals surface area contributed by atoms with Gasteiger partial charge in [-0.2, -0.15) is 0 Å². The molecule has 0 atom stereocenters. The maximum atomic E-state index is 10.8. The zero-order valence-corrected chi connectivity index (χ0v) is 7.82. The Labute approximate surface area is 76.9 Å². The summed E-state index contributed by atoms with van der Waals surface area (Å²) in [5.41, 5.74) is 0. The lowest BCUT2D eigenvalue weighted by molar-refractivity contribution is -0.120. The molecule has 0 aromatic carbocycles. The fourth-order valence-electron chi connectivity index (χ4n) is 1.01. The van der Waals surface area contributed by atoms with Crippen LogP contribution in [0.15, 0.2) is 0 Å². The highest BCUT2D eigenvalue weighted by molar-refractivity contribution is 7.80. The summed E-state index contributed by atoms with van der Waals surface area (Å²) in [5, 5.41) is 3.12. The van der Waals surface area contributed by atoms with Crippen molar-refractivity contribution < 1.29 is 9.53 Å². The molecule has 0 saturated carbocycles. The summed E-state index contributed by atoms with van der Waals surface area (Å²) in [4.78, 5) is 12.8. The van der Waals surface area contributed by atoms with Crippen molar-refractivity contribution in [2.24, 2.45) is 0 Å². The fourth-order valence-corrected chi connectivity index (χ4v) is 1.31. The topological polar surface area (TPSA) is 41.6 Å². The highest BCUT2D eigenvalue weighted by Crippen LogP contribution is 1.99. The molecule has 1 N–H and O–H groups in total. The van der Waals surface area contributed by atoms with Crippen molar-refractivity contribution in [3.63, 3.8) is 0 Å². The van der Waals surface area contributed by atoms with E-state index in [0.717, 1.165) is 6.54 Å². The molecule has 5 heteroatoms. The molecule has 1 aliphatic rings. The van der Waals surface area contributed by atoms with E-state index in [-0.39, 0.29) is 5.91 Å². The molecule has 0 aromatic heterocycles. The number of rotatable bonds is 3. The number of hydrogen-bond acceptors (Lipinski definition) is 3. The summed E-state index contributed by atoms with van der Waals surface area (Å²) in [6, 6.07) is 0. The van der Waals surface area contributed by atoms with Gasteiger partial charge in [-0.3, -0.25) is 4.79 Å². The first-order valence-electron chi connectivity index (χ1n) is 3.81. The van der Waals surface area contributed by atoms with Gasteiger partial charge in [0.15, 0.2) is 5.11 Å². The Morgan fingerprint density at radius 1 is 1.75 bits per heavy atom. The van der Waals surface area contributed by atoms with Gasteiger partial charge >= 0.3 is 0 Å². The number of hydrogen-bond donors (Lipinski definition) is 1. The van der Waals surface area contributed by atoms with E-state index in [1.54, 1.807) is 7.11 Å². The zero-order valence-electron chi connectivity index (χ0n) is 7.00. The largest absolute Gasteiger partial charge is 0.383 e. The van der Waals surface area contributed by atoms with E-state index in [0.29, 0.717) is 24.7 Å². The molecule has 68 valence electrons. The predicted octanol–water partition coefficient (Wildman–Crippen LogP) is -0.260. The normalized spacial score (nSPS) is 17.9. The second-order valence-electron chi connectivity index (χ2n) is 2.58. The molecule has 0 spiro atoms. The maximum Gasteiger partial charge on any atom is 0.227 e. The third-order valence-corrected chi connectivity index (χ3v) is 2.07. The van der Waals surface area contributed by atoms with E-state index in [9.17, 15) is 4.79 Å². The minimum absolute atomic E-state index is 0.00802. The van der Waals surface area contributed by atoms with Gasteiger partial charge in [-0.15, -0.1) is 0 Å². The number of nitrogens with zero attached hydrogens (tertiary/aromatic N) is 1. The number of thiocarbonyl (C=S) groups is 1. The van der Waals surface area contributed by atoms with Crippen molar-refractivity contribution in [1.29, 1.82) is 0 Å². The van der Waals surface area contributed by atoms with Gasteiger partial charge in [0.25, 0.3) is 0 Å². The molecule has 0 bridgehead atoms. The summed E-state index contributed by atoms with van der Waals surface area (Å²) in [6.07, 6.45) is 0.518. The van der Waals surface area contributed by atoms with Crippen molar-refractivity contribution in [3.8, 4) is 0 Å². The Kier molecular flexibility index (Phi) is 3.43. The first-order valence-corrected chi connectivity index (χ1v) is 4.22. The Balaban J connectivity index is 2.35. The van der Waals surface area contributed by atoms with Crippen LogP contribution in [0.5, 0.6) is 0 Å². The van der Waals surface area contributed by atoms with Crippen molar-refractivity contribution in [2.45, 2.75) is 6.42 Å². The number of ether oxygens (including phenoxy) is 1. The summed E-state index contributed by atoms with van der Waals surface area (Å²) < 4.78 is 4.91. The highest BCUT2D eigenvalue weighted by Gasteiger charge is 2.18. The third-order valence-electron chi connectivity index (χ3n) is 1.71. The van der Waals surface area contributed by atoms with Gasteiger partial charge in [0, 0.05) is 26.6 Å². The van der Waals surface area contributed by atoms with E-state index in [1.165, 1.54) is 0 Å². The van der Waals surface area contributed by atoms with Crippen LogP contribution in [0.25, 0.3) is 0 Å². The molecule has 0 unspecified atom stereocenters. The van der Waals surface area contributed by atoms with Gasteiger partial charge in [0.1, 0.15) is 0 Å². The van der Waals surface area contributed by atoms with Crippen LogP contribution >= 0.6 is 12.2 Å². The Morgan fingerprint density at radius 3 is 3.08 bits per heavy atom. The van der Waals surface area contributed by atoms with Gasteiger partial charge in [-0.1, -0.05) is 0 Å². The number of nitrogens with one attached hydrogen (secondary N) is 1. The molecule has 0 radical (unpaired) electrons. The lowest BCUT2D eigenvalue weighted by atomic mass is 10.3. The Bertz CT molecular complexity index is 196. The minimum atomic E-state index is 0.00802. The molecular formula is C7H12N2O2S. The molecule has 0 aromatic rings. The Hall–Kier alpha value is -0.680. The van der Waals surface area contributed by atoms with Crippen LogP contribution in [-0.4, -0.2) is 42.7 Å². The van der Waals surface area contributed by atoms with Crippen LogP contribution in [0.1, 0.15) is 6.42 Å². The first kappa shape index (κ1) is 9.41. The summed E-state index contributed by atoms with van der Waals surface area (Å²) >= 11 is 4.96. The van der Waals surface area contributed by atoms with Crippen LogP contribution in [0.2, 0.25) is 0 Å². The molecule has 1 aliphatic heterocycles. The van der Waals surface area contributed by atoms with Crippen LogP contribution in [-0.2, 0) is 9.53 Å². The second-order valence-corrected chi connectivity index (χ2v) is 2.97. The van der Waals surface area contributed by atoms with Gasteiger partial charge in [0.2, 0.25) is 5.91 Å². The molecule has 4 nitrogen and oxygen atoms in total. The van der Waals surface area contributed by atoms with E-state index < -0.39 is 0 Å². The standard InChI is InChI=1S/C7H12N2O2S/c1-11-5-4-9-3-2-6(10)8-7(9)12/h2-5H2,1H3,(H,8,10,12). The summed E-state index contributed by atoms with van der Waals surface area (Å²) in [6.45, 7) is 2.08. The molecule has 1 fully saturated rings. The second kappa shape index (κ2) is 4.37.